The van der Waals surface area contributed by atoms with Gasteiger partial charge in [-0.05, 0) is 65.3 Å². The minimum atomic E-state index is 0.691. The number of hydrogen-bond donors (Lipinski definition) is 0. The molecule has 1 aliphatic rings. The van der Waals surface area contributed by atoms with Crippen LogP contribution in [-0.4, -0.2) is 50.1 Å². The maximum atomic E-state index is 8.47. The zero-order valence-corrected chi connectivity index (χ0v) is 10.8. The number of piperidine rings is 1. The minimum Gasteiger partial charge on any atom is -0.306 e. The number of hydrogen-bond acceptors (Lipinski definition) is 3. The predicted molar refractivity (Wildman–Crippen MR) is 67.2 cm³/mol. The molecule has 0 radical (unpaired) electrons. The molecule has 0 spiro atoms. The number of nitriles is 1. The lowest BCUT2D eigenvalue weighted by molar-refractivity contribution is 0.185. The van der Waals surface area contributed by atoms with Crippen molar-refractivity contribution in [2.24, 2.45) is 5.92 Å². The van der Waals surface area contributed by atoms with Gasteiger partial charge in [0.2, 0.25) is 0 Å². The minimum absolute atomic E-state index is 0.691. The van der Waals surface area contributed by atoms with Gasteiger partial charge in [-0.2, -0.15) is 5.26 Å². The summed E-state index contributed by atoms with van der Waals surface area (Å²) in [5.74, 6) is 0.886. The second-order valence-electron chi connectivity index (χ2n) is 5.12. The molecule has 0 bridgehead atoms. The molecule has 1 aliphatic heterocycles. The molecule has 16 heavy (non-hydrogen) atoms. The third-order valence-corrected chi connectivity index (χ3v) is 3.47. The highest BCUT2D eigenvalue weighted by Crippen LogP contribution is 2.18. The molecule has 1 unspecified atom stereocenters. The molecule has 0 aromatic rings. The summed E-state index contributed by atoms with van der Waals surface area (Å²) in [7, 11) is 4.40. The highest BCUT2D eigenvalue weighted by Gasteiger charge is 2.16. The molecule has 1 rings (SSSR count). The van der Waals surface area contributed by atoms with Crippen molar-refractivity contribution in [3.05, 3.63) is 0 Å². The molecule has 0 N–H and O–H groups in total. The van der Waals surface area contributed by atoms with E-state index in [1.165, 1.54) is 38.9 Å². The van der Waals surface area contributed by atoms with Gasteiger partial charge in [0.15, 0.2) is 0 Å². The zero-order valence-electron chi connectivity index (χ0n) is 10.8. The molecule has 0 aromatic heterocycles. The van der Waals surface area contributed by atoms with Crippen LogP contribution >= 0.6 is 0 Å². The van der Waals surface area contributed by atoms with Crippen LogP contribution in [0, 0.1) is 17.2 Å². The number of unbranched alkanes of at least 4 members (excludes halogenated alkanes) is 1. The summed E-state index contributed by atoms with van der Waals surface area (Å²) in [6.45, 7) is 4.79. The van der Waals surface area contributed by atoms with Crippen LogP contribution in [0.5, 0.6) is 0 Å². The fourth-order valence-electron chi connectivity index (χ4n) is 2.45. The molecule has 92 valence electrons. The van der Waals surface area contributed by atoms with Crippen LogP contribution in [0.3, 0.4) is 0 Å². The maximum absolute atomic E-state index is 8.47. The summed E-state index contributed by atoms with van der Waals surface area (Å²) in [4.78, 5) is 4.82. The monoisotopic (exact) mass is 223 g/mol. The first-order valence-electron chi connectivity index (χ1n) is 6.46. The van der Waals surface area contributed by atoms with E-state index in [9.17, 15) is 0 Å². The molecular formula is C13H25N3. The van der Waals surface area contributed by atoms with Crippen LogP contribution in [-0.2, 0) is 0 Å². The second kappa shape index (κ2) is 7.65. The molecule has 0 aliphatic carbocycles. The summed E-state index contributed by atoms with van der Waals surface area (Å²) in [6.07, 6.45) is 5.77. The summed E-state index contributed by atoms with van der Waals surface area (Å²) in [5.41, 5.74) is 0. The van der Waals surface area contributed by atoms with Crippen molar-refractivity contribution in [2.45, 2.75) is 32.1 Å². The molecule has 0 amide bonds. The van der Waals surface area contributed by atoms with Crippen LogP contribution < -0.4 is 0 Å². The van der Waals surface area contributed by atoms with E-state index >= 15 is 0 Å². The van der Waals surface area contributed by atoms with E-state index in [1.54, 1.807) is 0 Å². The Morgan fingerprint density at radius 1 is 1.44 bits per heavy atom. The fraction of sp³-hybridized carbons (Fsp3) is 0.923. The van der Waals surface area contributed by atoms with Crippen LogP contribution in [0.1, 0.15) is 32.1 Å². The molecule has 1 heterocycles. The van der Waals surface area contributed by atoms with E-state index in [0.717, 1.165) is 18.9 Å². The van der Waals surface area contributed by atoms with Gasteiger partial charge in [-0.15, -0.1) is 0 Å². The van der Waals surface area contributed by atoms with Crippen molar-refractivity contribution in [1.29, 1.82) is 5.26 Å². The lowest BCUT2D eigenvalue weighted by atomic mass is 9.95. The fourth-order valence-corrected chi connectivity index (χ4v) is 2.45. The van der Waals surface area contributed by atoms with E-state index < -0.39 is 0 Å². The summed E-state index contributed by atoms with van der Waals surface area (Å²) in [5, 5.41) is 8.47. The van der Waals surface area contributed by atoms with Crippen LogP contribution in [0.15, 0.2) is 0 Å². The van der Waals surface area contributed by atoms with Crippen LogP contribution in [0.2, 0.25) is 0 Å². The normalized spacial score (nSPS) is 22.2. The SMILES string of the molecule is CN(CCCC#N)CCC1CCCN(C)C1. The zero-order chi connectivity index (χ0) is 11.8. The van der Waals surface area contributed by atoms with Crippen molar-refractivity contribution >= 4 is 0 Å². The number of rotatable bonds is 6. The van der Waals surface area contributed by atoms with E-state index in [4.69, 9.17) is 5.26 Å². The molecule has 0 saturated carbocycles. The average Bonchev–Trinajstić information content (AvgIpc) is 2.27. The van der Waals surface area contributed by atoms with Gasteiger partial charge in [0.05, 0.1) is 6.07 Å². The van der Waals surface area contributed by atoms with Gasteiger partial charge in [-0.3, -0.25) is 0 Å². The van der Waals surface area contributed by atoms with Gasteiger partial charge < -0.3 is 9.80 Å². The van der Waals surface area contributed by atoms with Gasteiger partial charge in [-0.25, -0.2) is 0 Å². The van der Waals surface area contributed by atoms with Crippen molar-refractivity contribution in [1.82, 2.24) is 9.80 Å². The van der Waals surface area contributed by atoms with Crippen molar-refractivity contribution in [2.75, 3.05) is 40.3 Å². The Morgan fingerprint density at radius 2 is 2.25 bits per heavy atom. The Balaban J connectivity index is 2.06. The summed E-state index contributed by atoms with van der Waals surface area (Å²) < 4.78 is 0. The highest BCUT2D eigenvalue weighted by atomic mass is 15.1. The molecule has 1 fully saturated rings. The van der Waals surface area contributed by atoms with Gasteiger partial charge in [0.25, 0.3) is 0 Å². The topological polar surface area (TPSA) is 30.3 Å². The van der Waals surface area contributed by atoms with Crippen molar-refractivity contribution in [3.63, 3.8) is 0 Å². The van der Waals surface area contributed by atoms with Gasteiger partial charge in [-0.1, -0.05) is 0 Å². The molecule has 0 aromatic carbocycles. The van der Waals surface area contributed by atoms with Crippen LogP contribution in [0.25, 0.3) is 0 Å². The van der Waals surface area contributed by atoms with E-state index in [1.807, 2.05) is 0 Å². The largest absolute Gasteiger partial charge is 0.306 e. The third kappa shape index (κ3) is 5.48. The van der Waals surface area contributed by atoms with Gasteiger partial charge >= 0.3 is 0 Å². The lowest BCUT2D eigenvalue weighted by Crippen LogP contribution is -2.34. The smallest absolute Gasteiger partial charge is 0.0622 e. The average molecular weight is 223 g/mol. The first-order valence-corrected chi connectivity index (χ1v) is 6.46. The summed E-state index contributed by atoms with van der Waals surface area (Å²) in [6, 6.07) is 2.20. The predicted octanol–water partition coefficient (Wildman–Crippen LogP) is 1.95. The maximum Gasteiger partial charge on any atom is 0.0622 e. The highest BCUT2D eigenvalue weighted by molar-refractivity contribution is 4.72. The third-order valence-electron chi connectivity index (χ3n) is 3.47. The summed E-state index contributed by atoms with van der Waals surface area (Å²) >= 11 is 0. The van der Waals surface area contributed by atoms with Crippen LogP contribution in [0.4, 0.5) is 0 Å². The molecular weight excluding hydrogens is 198 g/mol. The Labute approximate surface area is 100 Å². The second-order valence-corrected chi connectivity index (χ2v) is 5.12. The molecule has 3 heteroatoms. The first kappa shape index (κ1) is 13.5. The Bertz CT molecular complexity index is 222. The molecule has 1 saturated heterocycles. The number of likely N-dealkylation sites (tertiary alicyclic amines) is 1. The molecule has 1 atom stereocenters. The van der Waals surface area contributed by atoms with Crippen molar-refractivity contribution < 1.29 is 0 Å². The quantitative estimate of drug-likeness (QED) is 0.645. The van der Waals surface area contributed by atoms with E-state index in [-0.39, 0.29) is 0 Å². The Morgan fingerprint density at radius 3 is 2.94 bits per heavy atom. The molecule has 3 nitrogen and oxygen atoms in total. The Kier molecular flexibility index (Phi) is 6.44. The van der Waals surface area contributed by atoms with E-state index in [0.29, 0.717) is 6.42 Å². The van der Waals surface area contributed by atoms with Gasteiger partial charge in [0.1, 0.15) is 0 Å². The standard InChI is InChI=1S/C13H25N3/c1-15(9-4-3-8-14)11-7-13-6-5-10-16(2)12-13/h13H,3-7,9-12H2,1-2H3. The number of nitrogens with zero attached hydrogens (tertiary/aromatic N) is 3. The lowest BCUT2D eigenvalue weighted by Gasteiger charge is -2.30. The van der Waals surface area contributed by atoms with Gasteiger partial charge in [0, 0.05) is 13.0 Å². The first-order chi connectivity index (χ1) is 7.72. The Hall–Kier alpha value is -0.590. The van der Waals surface area contributed by atoms with E-state index in [2.05, 4.69) is 30.0 Å². The van der Waals surface area contributed by atoms with Crippen molar-refractivity contribution in [3.8, 4) is 6.07 Å².